The van der Waals surface area contributed by atoms with Gasteiger partial charge in [0.2, 0.25) is 5.91 Å². The molecule has 2 aromatic carbocycles. The first-order valence-corrected chi connectivity index (χ1v) is 13.4. The van der Waals surface area contributed by atoms with Crippen molar-refractivity contribution in [1.29, 1.82) is 0 Å². The molecule has 9 heteroatoms. The Balaban J connectivity index is 1.60. The number of halogens is 1. The van der Waals surface area contributed by atoms with Crippen LogP contribution in [0, 0.1) is 11.7 Å². The van der Waals surface area contributed by atoms with Gasteiger partial charge in [0.1, 0.15) is 5.82 Å². The molecule has 0 saturated carbocycles. The Bertz CT molecular complexity index is 1420. The molecule has 1 aliphatic heterocycles. The van der Waals surface area contributed by atoms with Crippen LogP contribution in [-0.4, -0.2) is 52.4 Å². The lowest BCUT2D eigenvalue weighted by molar-refractivity contribution is -0.139. The number of Topliss-reactive ketones (excluding diaryl/α,β-unsaturated/α-hetero) is 1. The minimum absolute atomic E-state index is 0.116. The number of fused-ring (bicyclic) bond motifs is 3. The topological polar surface area (TPSA) is 137 Å². The molecule has 1 aliphatic carbocycles. The molecule has 1 saturated heterocycles. The molecule has 3 atom stereocenters. The van der Waals surface area contributed by atoms with Crippen LogP contribution in [0.3, 0.4) is 0 Å². The highest BCUT2D eigenvalue weighted by molar-refractivity contribution is 5.96. The third-order valence-electron chi connectivity index (χ3n) is 8.48. The number of H-pyrrole nitrogens is 1. The molecule has 2 heterocycles. The van der Waals surface area contributed by atoms with Crippen LogP contribution in [0.4, 0.5) is 4.39 Å². The van der Waals surface area contributed by atoms with Gasteiger partial charge in [-0.3, -0.25) is 14.4 Å². The molecular formula is C30H35FN4O4. The molecule has 206 valence electrons. The zero-order chi connectivity index (χ0) is 27.9. The van der Waals surface area contributed by atoms with Crippen LogP contribution in [-0.2, 0) is 26.2 Å². The van der Waals surface area contributed by atoms with Crippen molar-refractivity contribution in [2.75, 3.05) is 13.1 Å². The zero-order valence-corrected chi connectivity index (χ0v) is 22.2. The third-order valence-corrected chi connectivity index (χ3v) is 8.48. The maximum absolute atomic E-state index is 14.7. The molecule has 1 aromatic heterocycles. The highest BCUT2D eigenvalue weighted by Gasteiger charge is 2.56. The minimum Gasteiger partial charge on any atom is -0.481 e. The first kappa shape index (κ1) is 27.0. The maximum Gasteiger partial charge on any atom is 0.303 e. The number of amides is 1. The van der Waals surface area contributed by atoms with Crippen LogP contribution >= 0.6 is 0 Å². The second kappa shape index (κ2) is 10.2. The number of benzene rings is 2. The number of carbonyl (C=O) groups excluding carboxylic acids is 2. The van der Waals surface area contributed by atoms with Gasteiger partial charge in [0.25, 0.3) is 0 Å². The highest BCUT2D eigenvalue weighted by Crippen LogP contribution is 2.56. The zero-order valence-electron chi connectivity index (χ0n) is 22.2. The number of piperidine rings is 1. The molecule has 1 unspecified atom stereocenters. The number of aliphatic carboxylic acids is 1. The summed E-state index contributed by atoms with van der Waals surface area (Å²) < 4.78 is 14.1. The fraction of sp³-hybridized carbons (Fsp3) is 0.433. The van der Waals surface area contributed by atoms with Crippen molar-refractivity contribution in [3.63, 3.8) is 0 Å². The average Bonchev–Trinajstić information content (AvgIpc) is 3.39. The molecule has 0 radical (unpaired) electrons. The number of nitrogens with one attached hydrogen (secondary N) is 3. The van der Waals surface area contributed by atoms with E-state index >= 15 is 0 Å². The monoisotopic (exact) mass is 534 g/mol. The normalized spacial score (nSPS) is 21.0. The summed E-state index contributed by atoms with van der Waals surface area (Å²) >= 11 is 0. The summed E-state index contributed by atoms with van der Waals surface area (Å²) in [6.45, 7) is 4.54. The second-order valence-corrected chi connectivity index (χ2v) is 11.5. The molecule has 2 aliphatic rings. The van der Waals surface area contributed by atoms with E-state index in [4.69, 9.17) is 5.73 Å². The van der Waals surface area contributed by atoms with Gasteiger partial charge in [-0.1, -0.05) is 24.3 Å². The van der Waals surface area contributed by atoms with Crippen LogP contribution in [0.5, 0.6) is 0 Å². The van der Waals surface area contributed by atoms with Crippen LogP contribution in [0.15, 0.2) is 48.7 Å². The maximum atomic E-state index is 14.7. The number of hydrogen-bond acceptors (Lipinski definition) is 5. The largest absolute Gasteiger partial charge is 0.481 e. The van der Waals surface area contributed by atoms with Gasteiger partial charge in [0, 0.05) is 40.8 Å². The number of carbonyl (C=O) groups is 3. The summed E-state index contributed by atoms with van der Waals surface area (Å²) in [4.78, 5) is 43.0. The van der Waals surface area contributed by atoms with Gasteiger partial charge < -0.3 is 26.5 Å². The Labute approximate surface area is 226 Å². The fourth-order valence-corrected chi connectivity index (χ4v) is 6.67. The van der Waals surface area contributed by atoms with Gasteiger partial charge in [-0.2, -0.15) is 0 Å². The van der Waals surface area contributed by atoms with E-state index < -0.39 is 46.5 Å². The number of rotatable bonds is 8. The number of hydrogen-bond donors (Lipinski definition) is 5. The molecular weight excluding hydrogens is 499 g/mol. The van der Waals surface area contributed by atoms with E-state index in [1.54, 1.807) is 26.1 Å². The Hall–Kier alpha value is -3.56. The molecule has 1 amide bonds. The lowest BCUT2D eigenvalue weighted by Crippen LogP contribution is -2.57. The van der Waals surface area contributed by atoms with Crippen molar-refractivity contribution in [1.82, 2.24) is 15.6 Å². The number of nitrogens with two attached hydrogens (primary N) is 1. The number of carboxylic acids is 1. The highest BCUT2D eigenvalue weighted by atomic mass is 19.1. The fourth-order valence-electron chi connectivity index (χ4n) is 6.67. The van der Waals surface area contributed by atoms with Crippen molar-refractivity contribution in [2.24, 2.45) is 11.7 Å². The Morgan fingerprint density at radius 1 is 1.18 bits per heavy atom. The Morgan fingerprint density at radius 3 is 2.59 bits per heavy atom. The first-order chi connectivity index (χ1) is 18.5. The van der Waals surface area contributed by atoms with Crippen molar-refractivity contribution in [3.8, 4) is 0 Å². The van der Waals surface area contributed by atoms with Gasteiger partial charge in [0.05, 0.1) is 18.0 Å². The number of ketones is 1. The van der Waals surface area contributed by atoms with E-state index in [0.717, 1.165) is 16.6 Å². The van der Waals surface area contributed by atoms with E-state index in [9.17, 15) is 23.9 Å². The summed E-state index contributed by atoms with van der Waals surface area (Å²) in [6, 6.07) is 11.2. The molecule has 1 fully saturated rings. The van der Waals surface area contributed by atoms with Gasteiger partial charge in [-0.15, -0.1) is 0 Å². The number of aromatic nitrogens is 1. The lowest BCUT2D eigenvalue weighted by Gasteiger charge is -2.42. The van der Waals surface area contributed by atoms with Crippen molar-refractivity contribution in [2.45, 2.75) is 62.4 Å². The smallest absolute Gasteiger partial charge is 0.303 e. The van der Waals surface area contributed by atoms with Crippen LogP contribution in [0.25, 0.3) is 10.9 Å². The van der Waals surface area contributed by atoms with Crippen molar-refractivity contribution >= 4 is 28.6 Å². The molecule has 0 bridgehead atoms. The van der Waals surface area contributed by atoms with E-state index in [-0.39, 0.29) is 18.6 Å². The first-order valence-electron chi connectivity index (χ1n) is 13.4. The Morgan fingerprint density at radius 2 is 1.90 bits per heavy atom. The summed E-state index contributed by atoms with van der Waals surface area (Å²) in [5.74, 6) is -3.27. The summed E-state index contributed by atoms with van der Waals surface area (Å²) in [5, 5.41) is 16.8. The van der Waals surface area contributed by atoms with Crippen molar-refractivity contribution in [3.05, 3.63) is 71.2 Å². The predicted octanol–water partition coefficient (Wildman–Crippen LogP) is 3.15. The summed E-state index contributed by atoms with van der Waals surface area (Å²) in [5.41, 5.74) is 7.62. The molecule has 1 spiro atoms. The molecule has 39 heavy (non-hydrogen) atoms. The second-order valence-electron chi connectivity index (χ2n) is 11.5. The van der Waals surface area contributed by atoms with Crippen molar-refractivity contribution < 1.29 is 23.9 Å². The summed E-state index contributed by atoms with van der Waals surface area (Å²) in [6.07, 6.45) is 3.01. The van der Waals surface area contributed by atoms with Crippen LogP contribution in [0.1, 0.15) is 55.7 Å². The molecule has 3 aromatic rings. The SMILES string of the molecule is CC(C)(N)C(=O)N[C@H](Cc1c[nH]c2ccc(F)cc12)C(=O)[C@@H]1C(CC(=O)O)c2ccccc2C12CCNCC2. The van der Waals surface area contributed by atoms with E-state index in [1.165, 1.54) is 12.1 Å². The van der Waals surface area contributed by atoms with E-state index in [0.29, 0.717) is 36.9 Å². The van der Waals surface area contributed by atoms with Gasteiger partial charge in [0.15, 0.2) is 5.78 Å². The Kier molecular flexibility index (Phi) is 7.07. The van der Waals surface area contributed by atoms with Crippen LogP contribution in [0.2, 0.25) is 0 Å². The third kappa shape index (κ3) is 4.96. The lowest BCUT2D eigenvalue weighted by atomic mass is 9.64. The quantitative estimate of drug-likeness (QED) is 0.301. The minimum atomic E-state index is -1.24. The van der Waals surface area contributed by atoms with Gasteiger partial charge in [-0.25, -0.2) is 4.39 Å². The number of aromatic amines is 1. The van der Waals surface area contributed by atoms with E-state index in [1.807, 2.05) is 24.3 Å². The van der Waals surface area contributed by atoms with E-state index in [2.05, 4.69) is 15.6 Å². The standard InChI is InChI=1S/C30H35FN4O4/c1-29(2,32)28(39)35-24(13-17-16-34-23-8-7-18(31)14-20(17)23)27(38)26-21(15-25(36)37)19-5-3-4-6-22(19)30(26)9-11-33-12-10-30/h3-8,14,16,21,24,26,33-34H,9-13,15,32H2,1-2H3,(H,35,39)(H,36,37)/t21?,24-,26+/m1/s1. The molecule has 5 rings (SSSR count). The molecule has 6 N–H and O–H groups in total. The average molecular weight is 535 g/mol. The van der Waals surface area contributed by atoms with Gasteiger partial charge >= 0.3 is 5.97 Å². The summed E-state index contributed by atoms with van der Waals surface area (Å²) in [7, 11) is 0. The van der Waals surface area contributed by atoms with Gasteiger partial charge in [-0.05, 0) is 74.7 Å². The predicted molar refractivity (Wildman–Crippen MR) is 146 cm³/mol. The van der Waals surface area contributed by atoms with Crippen LogP contribution < -0.4 is 16.4 Å². The number of carboxylic acid groups (broad SMARTS) is 1. The molecule has 8 nitrogen and oxygen atoms in total.